The molecular formula is C11H22O2. The van der Waals surface area contributed by atoms with Crippen LogP contribution in [0.3, 0.4) is 0 Å². The van der Waals surface area contributed by atoms with Crippen LogP contribution in [0.4, 0.5) is 0 Å². The molecule has 0 heterocycles. The lowest BCUT2D eigenvalue weighted by Crippen LogP contribution is -2.20. The summed E-state index contributed by atoms with van der Waals surface area (Å²) in [4.78, 5) is 0. The highest BCUT2D eigenvalue weighted by Crippen LogP contribution is 2.16. The molecule has 13 heavy (non-hydrogen) atoms. The second kappa shape index (κ2) is 8.27. The van der Waals surface area contributed by atoms with E-state index in [9.17, 15) is 0 Å². The third kappa shape index (κ3) is 5.83. The Hall–Kier alpha value is -0.340. The van der Waals surface area contributed by atoms with Gasteiger partial charge in [-0.2, -0.15) is 0 Å². The van der Waals surface area contributed by atoms with Gasteiger partial charge < -0.3 is 9.47 Å². The van der Waals surface area contributed by atoms with E-state index in [-0.39, 0.29) is 6.10 Å². The molecule has 0 aromatic carbocycles. The van der Waals surface area contributed by atoms with E-state index in [0.717, 1.165) is 6.42 Å². The molecule has 0 amide bonds. The fraction of sp³-hybridized carbons (Fsp3) is 0.818. The lowest BCUT2D eigenvalue weighted by atomic mass is 9.97. The first-order valence-electron chi connectivity index (χ1n) is 4.99. The van der Waals surface area contributed by atoms with Gasteiger partial charge in [0.2, 0.25) is 0 Å². The van der Waals surface area contributed by atoms with Crippen LogP contribution in [-0.2, 0) is 9.47 Å². The SMILES string of the molecule is C=C[C@H](CCCC)[C@H](C)OCOC. The summed E-state index contributed by atoms with van der Waals surface area (Å²) < 4.78 is 10.3. The Balaban J connectivity index is 3.70. The molecule has 2 atom stereocenters. The second-order valence-electron chi connectivity index (χ2n) is 3.32. The maximum atomic E-state index is 5.45. The molecule has 0 aliphatic carbocycles. The summed E-state index contributed by atoms with van der Waals surface area (Å²) in [6, 6.07) is 0. The summed E-state index contributed by atoms with van der Waals surface area (Å²) in [7, 11) is 1.64. The van der Waals surface area contributed by atoms with Crippen molar-refractivity contribution in [2.24, 2.45) is 5.92 Å². The predicted octanol–water partition coefficient (Wildman–Crippen LogP) is 2.99. The number of hydrogen-bond donors (Lipinski definition) is 0. The number of ether oxygens (including phenoxy) is 2. The Bertz CT molecular complexity index is 123. The van der Waals surface area contributed by atoms with Gasteiger partial charge in [0.15, 0.2) is 0 Å². The molecule has 2 nitrogen and oxygen atoms in total. The molecule has 2 heteroatoms. The Labute approximate surface area is 81.9 Å². The molecule has 0 N–H and O–H groups in total. The molecule has 0 aliphatic rings. The largest absolute Gasteiger partial charge is 0.359 e. The van der Waals surface area contributed by atoms with Crippen LogP contribution in [0.5, 0.6) is 0 Å². The zero-order valence-corrected chi connectivity index (χ0v) is 9.08. The van der Waals surface area contributed by atoms with Gasteiger partial charge in [0.05, 0.1) is 6.10 Å². The normalized spacial score (nSPS) is 15.3. The van der Waals surface area contributed by atoms with Gasteiger partial charge in [-0.25, -0.2) is 0 Å². The summed E-state index contributed by atoms with van der Waals surface area (Å²) >= 11 is 0. The molecule has 0 unspecified atom stereocenters. The maximum Gasteiger partial charge on any atom is 0.146 e. The van der Waals surface area contributed by atoms with Gasteiger partial charge in [-0.1, -0.05) is 25.8 Å². The monoisotopic (exact) mass is 186 g/mol. The van der Waals surface area contributed by atoms with Crippen molar-refractivity contribution in [3.8, 4) is 0 Å². The lowest BCUT2D eigenvalue weighted by molar-refractivity contribution is -0.0787. The zero-order valence-electron chi connectivity index (χ0n) is 9.08. The van der Waals surface area contributed by atoms with E-state index in [0.29, 0.717) is 12.7 Å². The van der Waals surface area contributed by atoms with Crippen molar-refractivity contribution in [1.29, 1.82) is 0 Å². The topological polar surface area (TPSA) is 18.5 Å². The Kier molecular flexibility index (Phi) is 8.05. The fourth-order valence-electron chi connectivity index (χ4n) is 1.28. The summed E-state index contributed by atoms with van der Waals surface area (Å²) in [5, 5.41) is 0. The van der Waals surface area contributed by atoms with Gasteiger partial charge in [-0.15, -0.1) is 6.58 Å². The minimum absolute atomic E-state index is 0.212. The van der Waals surface area contributed by atoms with Crippen molar-refractivity contribution in [2.45, 2.75) is 39.2 Å². The third-order valence-electron chi connectivity index (χ3n) is 2.25. The highest BCUT2D eigenvalue weighted by Gasteiger charge is 2.13. The molecule has 0 radical (unpaired) electrons. The molecule has 0 saturated heterocycles. The maximum absolute atomic E-state index is 5.45. The molecule has 0 rings (SSSR count). The molecular weight excluding hydrogens is 164 g/mol. The lowest BCUT2D eigenvalue weighted by Gasteiger charge is -2.20. The summed E-state index contributed by atoms with van der Waals surface area (Å²) in [6.07, 6.45) is 5.81. The van der Waals surface area contributed by atoms with Crippen molar-refractivity contribution in [3.05, 3.63) is 12.7 Å². The van der Waals surface area contributed by atoms with E-state index < -0.39 is 0 Å². The second-order valence-corrected chi connectivity index (χ2v) is 3.32. The van der Waals surface area contributed by atoms with E-state index in [1.165, 1.54) is 12.8 Å². The van der Waals surface area contributed by atoms with Crippen molar-refractivity contribution in [2.75, 3.05) is 13.9 Å². The molecule has 0 aliphatic heterocycles. The van der Waals surface area contributed by atoms with Gasteiger partial charge in [0.25, 0.3) is 0 Å². The molecule has 78 valence electrons. The van der Waals surface area contributed by atoms with E-state index in [1.807, 2.05) is 6.08 Å². The molecule has 0 aromatic rings. The average Bonchev–Trinajstić information content (AvgIpc) is 2.16. The van der Waals surface area contributed by atoms with Crippen LogP contribution in [-0.4, -0.2) is 20.0 Å². The fourth-order valence-corrected chi connectivity index (χ4v) is 1.28. The first-order valence-corrected chi connectivity index (χ1v) is 4.99. The summed E-state index contributed by atoms with van der Waals surface area (Å²) in [6.45, 7) is 8.46. The van der Waals surface area contributed by atoms with E-state index in [1.54, 1.807) is 7.11 Å². The van der Waals surface area contributed by atoms with Gasteiger partial charge in [-0.3, -0.25) is 0 Å². The van der Waals surface area contributed by atoms with Crippen LogP contribution in [0.15, 0.2) is 12.7 Å². The molecule has 0 bridgehead atoms. The first-order chi connectivity index (χ1) is 6.26. The number of unbranched alkanes of at least 4 members (excludes halogenated alkanes) is 1. The first kappa shape index (κ1) is 12.7. The number of hydrogen-bond acceptors (Lipinski definition) is 2. The van der Waals surface area contributed by atoms with Crippen molar-refractivity contribution in [1.82, 2.24) is 0 Å². The van der Waals surface area contributed by atoms with Gasteiger partial charge in [0, 0.05) is 13.0 Å². The Morgan fingerprint density at radius 1 is 1.46 bits per heavy atom. The minimum Gasteiger partial charge on any atom is -0.359 e. The van der Waals surface area contributed by atoms with Gasteiger partial charge >= 0.3 is 0 Å². The average molecular weight is 186 g/mol. The van der Waals surface area contributed by atoms with Gasteiger partial charge in [-0.05, 0) is 13.3 Å². The van der Waals surface area contributed by atoms with Crippen molar-refractivity contribution in [3.63, 3.8) is 0 Å². The molecule has 0 fully saturated rings. The smallest absolute Gasteiger partial charge is 0.146 e. The van der Waals surface area contributed by atoms with Crippen molar-refractivity contribution >= 4 is 0 Å². The van der Waals surface area contributed by atoms with Crippen LogP contribution < -0.4 is 0 Å². The summed E-state index contributed by atoms with van der Waals surface area (Å²) in [5.74, 6) is 0.454. The summed E-state index contributed by atoms with van der Waals surface area (Å²) in [5.41, 5.74) is 0. The Morgan fingerprint density at radius 2 is 2.15 bits per heavy atom. The quantitative estimate of drug-likeness (QED) is 0.428. The Morgan fingerprint density at radius 3 is 2.62 bits per heavy atom. The van der Waals surface area contributed by atoms with E-state index in [2.05, 4.69) is 20.4 Å². The van der Waals surface area contributed by atoms with Crippen LogP contribution in [0.2, 0.25) is 0 Å². The number of rotatable bonds is 8. The zero-order chi connectivity index (χ0) is 10.1. The molecule has 0 aromatic heterocycles. The molecule has 0 spiro atoms. The third-order valence-corrected chi connectivity index (χ3v) is 2.25. The van der Waals surface area contributed by atoms with Crippen LogP contribution in [0.25, 0.3) is 0 Å². The standard InChI is InChI=1S/C11H22O2/c1-5-7-8-11(6-2)10(3)13-9-12-4/h6,10-11H,2,5,7-9H2,1,3-4H3/t10-,11+/m0/s1. The molecule has 0 saturated carbocycles. The highest BCUT2D eigenvalue weighted by atomic mass is 16.7. The van der Waals surface area contributed by atoms with Gasteiger partial charge in [0.1, 0.15) is 6.79 Å². The van der Waals surface area contributed by atoms with Crippen LogP contribution >= 0.6 is 0 Å². The van der Waals surface area contributed by atoms with E-state index in [4.69, 9.17) is 9.47 Å². The number of methoxy groups -OCH3 is 1. The van der Waals surface area contributed by atoms with Crippen LogP contribution in [0.1, 0.15) is 33.1 Å². The highest BCUT2D eigenvalue weighted by molar-refractivity contribution is 4.83. The van der Waals surface area contributed by atoms with Crippen molar-refractivity contribution < 1.29 is 9.47 Å². The predicted molar refractivity (Wildman–Crippen MR) is 55.6 cm³/mol. The van der Waals surface area contributed by atoms with E-state index >= 15 is 0 Å². The minimum atomic E-state index is 0.212. The van der Waals surface area contributed by atoms with Crippen LogP contribution in [0, 0.1) is 5.92 Å².